The van der Waals surface area contributed by atoms with E-state index >= 15 is 0 Å². The van der Waals surface area contributed by atoms with Gasteiger partial charge in [0, 0.05) is 35.6 Å². The minimum atomic E-state index is 0.0569. The second kappa shape index (κ2) is 9.77. The Morgan fingerprint density at radius 1 is 1.04 bits per heavy atom. The Hall–Kier alpha value is -2.60. The Morgan fingerprint density at radius 2 is 1.77 bits per heavy atom. The van der Waals surface area contributed by atoms with Gasteiger partial charge < -0.3 is 9.84 Å². The third kappa shape index (κ3) is 5.74. The van der Waals surface area contributed by atoms with Crippen molar-refractivity contribution < 1.29 is 9.32 Å². The van der Waals surface area contributed by atoms with Crippen LogP contribution < -0.4 is 5.32 Å². The highest BCUT2D eigenvalue weighted by molar-refractivity contribution is 7.99. The number of nitrogens with zero attached hydrogens (tertiary/aromatic N) is 2. The number of thioether (sulfide) groups is 1. The molecule has 1 amide bonds. The van der Waals surface area contributed by atoms with E-state index in [1.165, 1.54) is 4.90 Å². The van der Waals surface area contributed by atoms with E-state index in [-0.39, 0.29) is 5.91 Å². The van der Waals surface area contributed by atoms with Crippen LogP contribution in [-0.2, 0) is 11.2 Å². The quantitative estimate of drug-likeness (QED) is 0.458. The molecule has 0 unspecified atom stereocenters. The highest BCUT2D eigenvalue weighted by Gasteiger charge is 2.09. The first-order valence-electron chi connectivity index (χ1n) is 8.64. The lowest BCUT2D eigenvalue weighted by molar-refractivity contribution is -0.121. The average molecular weight is 367 g/mol. The molecule has 1 heterocycles. The van der Waals surface area contributed by atoms with Crippen molar-refractivity contribution in [2.24, 2.45) is 0 Å². The standard InChI is InChI=1S/C20H21N3O2S/c24-18(21-14-15-26-17-10-5-2-6-11-17)12-7-13-19-22-20(23-25-19)16-8-3-1-4-9-16/h1-6,8-11H,7,12-15H2,(H,21,24). The van der Waals surface area contributed by atoms with Crippen molar-refractivity contribution >= 4 is 17.7 Å². The molecule has 0 saturated heterocycles. The lowest BCUT2D eigenvalue weighted by Gasteiger charge is -2.04. The van der Waals surface area contributed by atoms with E-state index in [1.54, 1.807) is 11.8 Å². The molecule has 1 aromatic heterocycles. The normalized spacial score (nSPS) is 10.6. The van der Waals surface area contributed by atoms with Crippen molar-refractivity contribution in [1.82, 2.24) is 15.5 Å². The predicted molar refractivity (Wildman–Crippen MR) is 103 cm³/mol. The van der Waals surface area contributed by atoms with Crippen LogP contribution in [-0.4, -0.2) is 28.3 Å². The maximum atomic E-state index is 11.9. The van der Waals surface area contributed by atoms with E-state index in [2.05, 4.69) is 27.6 Å². The Bertz CT molecular complexity index is 806. The van der Waals surface area contributed by atoms with Crippen LogP contribution in [0.1, 0.15) is 18.7 Å². The highest BCUT2D eigenvalue weighted by atomic mass is 32.2. The van der Waals surface area contributed by atoms with Crippen molar-refractivity contribution in [3.05, 3.63) is 66.6 Å². The van der Waals surface area contributed by atoms with Gasteiger partial charge in [0.15, 0.2) is 0 Å². The fourth-order valence-electron chi connectivity index (χ4n) is 2.43. The third-order valence-electron chi connectivity index (χ3n) is 3.73. The topological polar surface area (TPSA) is 68.0 Å². The Kier molecular flexibility index (Phi) is 6.84. The number of rotatable bonds is 9. The average Bonchev–Trinajstić information content (AvgIpc) is 3.16. The van der Waals surface area contributed by atoms with Crippen molar-refractivity contribution in [2.75, 3.05) is 12.3 Å². The van der Waals surface area contributed by atoms with Gasteiger partial charge in [-0.2, -0.15) is 4.98 Å². The van der Waals surface area contributed by atoms with Crippen molar-refractivity contribution in [2.45, 2.75) is 24.2 Å². The summed E-state index contributed by atoms with van der Waals surface area (Å²) in [7, 11) is 0. The van der Waals surface area contributed by atoms with E-state index in [4.69, 9.17) is 4.52 Å². The summed E-state index contributed by atoms with van der Waals surface area (Å²) in [5.74, 6) is 2.07. The first-order chi connectivity index (χ1) is 12.8. The van der Waals surface area contributed by atoms with Gasteiger partial charge in [-0.25, -0.2) is 0 Å². The summed E-state index contributed by atoms with van der Waals surface area (Å²) in [4.78, 5) is 17.5. The molecule has 26 heavy (non-hydrogen) atoms. The second-order valence-electron chi connectivity index (χ2n) is 5.74. The summed E-state index contributed by atoms with van der Waals surface area (Å²) in [5, 5.41) is 6.93. The van der Waals surface area contributed by atoms with Crippen molar-refractivity contribution in [3.63, 3.8) is 0 Å². The molecule has 6 heteroatoms. The van der Waals surface area contributed by atoms with Gasteiger partial charge in [0.1, 0.15) is 0 Å². The summed E-state index contributed by atoms with van der Waals surface area (Å²) in [6.45, 7) is 0.664. The number of benzene rings is 2. The van der Waals surface area contributed by atoms with Crippen LogP contribution >= 0.6 is 11.8 Å². The number of carbonyl (C=O) groups excluding carboxylic acids is 1. The summed E-state index contributed by atoms with van der Waals surface area (Å²) in [6.07, 6.45) is 1.75. The molecular weight excluding hydrogens is 346 g/mol. The monoisotopic (exact) mass is 367 g/mol. The zero-order chi connectivity index (χ0) is 18.0. The summed E-state index contributed by atoms with van der Waals surface area (Å²) in [6, 6.07) is 19.9. The molecule has 3 rings (SSSR count). The van der Waals surface area contributed by atoms with E-state index in [9.17, 15) is 4.79 Å². The number of nitrogens with one attached hydrogen (secondary N) is 1. The zero-order valence-corrected chi connectivity index (χ0v) is 15.2. The SMILES string of the molecule is O=C(CCCc1nc(-c2ccccc2)no1)NCCSc1ccccc1. The number of aromatic nitrogens is 2. The Balaban J connectivity index is 1.32. The molecule has 5 nitrogen and oxygen atoms in total. The minimum absolute atomic E-state index is 0.0569. The molecule has 134 valence electrons. The van der Waals surface area contributed by atoms with Crippen LogP contribution in [0.25, 0.3) is 11.4 Å². The number of aryl methyl sites for hydroxylation is 1. The molecule has 1 N–H and O–H groups in total. The number of hydrogen-bond donors (Lipinski definition) is 1. The molecule has 0 aliphatic heterocycles. The molecule has 0 spiro atoms. The van der Waals surface area contributed by atoms with E-state index in [0.717, 1.165) is 11.3 Å². The van der Waals surface area contributed by atoms with Crippen molar-refractivity contribution in [3.8, 4) is 11.4 Å². The van der Waals surface area contributed by atoms with Gasteiger partial charge in [-0.15, -0.1) is 11.8 Å². The zero-order valence-electron chi connectivity index (χ0n) is 14.4. The molecule has 0 aliphatic carbocycles. The number of carbonyl (C=O) groups is 1. The highest BCUT2D eigenvalue weighted by Crippen LogP contribution is 2.16. The molecule has 0 atom stereocenters. The summed E-state index contributed by atoms with van der Waals surface area (Å²) in [5.41, 5.74) is 0.927. The molecule has 0 bridgehead atoms. The van der Waals surface area contributed by atoms with Crippen molar-refractivity contribution in [1.29, 1.82) is 0 Å². The Labute approximate surface area is 157 Å². The van der Waals surface area contributed by atoms with E-state index in [0.29, 0.717) is 37.5 Å². The number of hydrogen-bond acceptors (Lipinski definition) is 5. The fraction of sp³-hybridized carbons (Fsp3) is 0.250. The van der Waals surface area contributed by atoms with Crippen LogP contribution in [0.5, 0.6) is 0 Å². The molecule has 3 aromatic rings. The molecule has 2 aromatic carbocycles. The smallest absolute Gasteiger partial charge is 0.226 e. The lowest BCUT2D eigenvalue weighted by atomic mass is 10.2. The Morgan fingerprint density at radius 3 is 2.54 bits per heavy atom. The van der Waals surface area contributed by atoms with Crippen LogP contribution in [0, 0.1) is 0 Å². The van der Waals surface area contributed by atoms with Crippen LogP contribution in [0.4, 0.5) is 0 Å². The van der Waals surface area contributed by atoms with Gasteiger partial charge in [0.25, 0.3) is 0 Å². The minimum Gasteiger partial charge on any atom is -0.355 e. The van der Waals surface area contributed by atoms with Gasteiger partial charge in [-0.3, -0.25) is 4.79 Å². The molecule has 0 saturated carbocycles. The van der Waals surface area contributed by atoms with Crippen LogP contribution in [0.2, 0.25) is 0 Å². The summed E-state index contributed by atoms with van der Waals surface area (Å²) < 4.78 is 5.25. The largest absolute Gasteiger partial charge is 0.355 e. The van der Waals surface area contributed by atoms with Gasteiger partial charge in [0.2, 0.25) is 17.6 Å². The van der Waals surface area contributed by atoms with Gasteiger partial charge >= 0.3 is 0 Å². The maximum absolute atomic E-state index is 11.9. The van der Waals surface area contributed by atoms with Crippen LogP contribution in [0.3, 0.4) is 0 Å². The molecule has 0 radical (unpaired) electrons. The molecule has 0 fully saturated rings. The maximum Gasteiger partial charge on any atom is 0.226 e. The van der Waals surface area contributed by atoms with Gasteiger partial charge in [-0.1, -0.05) is 53.7 Å². The second-order valence-corrected chi connectivity index (χ2v) is 6.91. The molecular formula is C20H21N3O2S. The lowest BCUT2D eigenvalue weighted by Crippen LogP contribution is -2.25. The van der Waals surface area contributed by atoms with Gasteiger partial charge in [0.05, 0.1) is 0 Å². The van der Waals surface area contributed by atoms with E-state index in [1.807, 2.05) is 48.5 Å². The first-order valence-corrected chi connectivity index (χ1v) is 9.62. The molecule has 0 aliphatic rings. The fourth-order valence-corrected chi connectivity index (χ4v) is 3.21. The summed E-state index contributed by atoms with van der Waals surface area (Å²) >= 11 is 1.74. The number of amides is 1. The first kappa shape index (κ1) is 18.2. The third-order valence-corrected chi connectivity index (χ3v) is 4.74. The predicted octanol–water partition coefficient (Wildman–Crippen LogP) is 3.97. The van der Waals surface area contributed by atoms with Crippen LogP contribution in [0.15, 0.2) is 70.1 Å². The van der Waals surface area contributed by atoms with Gasteiger partial charge in [-0.05, 0) is 18.6 Å². The van der Waals surface area contributed by atoms with E-state index < -0.39 is 0 Å².